The second-order valence-corrected chi connectivity index (χ2v) is 16.5. The monoisotopic (exact) mass is 940 g/mol. The number of anilines is 3. The van der Waals surface area contributed by atoms with E-state index >= 15 is 0 Å². The number of carbonyl (C=O) groups is 4. The molecule has 2 saturated heterocycles. The molecule has 67 heavy (non-hydrogen) atoms. The number of piperazine rings is 2. The largest absolute Gasteiger partial charge is 0.481 e. The fraction of sp³-hybridized carbons (Fsp3) is 0.683. The van der Waals surface area contributed by atoms with Gasteiger partial charge in [-0.15, -0.1) is 16.6 Å². The number of aliphatic carboxylic acids is 2. The third-order valence-corrected chi connectivity index (χ3v) is 11.0. The van der Waals surface area contributed by atoms with Crippen molar-refractivity contribution in [2.45, 2.75) is 70.1 Å². The number of rotatable bonds is 28. The van der Waals surface area contributed by atoms with E-state index < -0.39 is 30.1 Å². The maximum absolute atomic E-state index is 14.0. The van der Waals surface area contributed by atoms with Crippen molar-refractivity contribution >= 4 is 41.6 Å². The molecule has 3 aromatic heterocycles. The minimum Gasteiger partial charge on any atom is -0.481 e. The summed E-state index contributed by atoms with van der Waals surface area (Å²) >= 11 is 0. The Morgan fingerprint density at radius 3 is 1.63 bits per heavy atom. The van der Waals surface area contributed by atoms with Crippen molar-refractivity contribution in [3.05, 3.63) is 23.8 Å². The number of aliphatic hydroxyl groups is 1. The van der Waals surface area contributed by atoms with Crippen LogP contribution in [0.5, 0.6) is 0 Å². The van der Waals surface area contributed by atoms with E-state index in [2.05, 4.69) is 31.9 Å². The van der Waals surface area contributed by atoms with Crippen molar-refractivity contribution in [2.75, 3.05) is 120 Å². The van der Waals surface area contributed by atoms with E-state index in [-0.39, 0.29) is 94.6 Å². The summed E-state index contributed by atoms with van der Waals surface area (Å²) in [5, 5.41) is 48.1. The summed E-state index contributed by atoms with van der Waals surface area (Å²) in [6, 6.07) is -3.05. The number of terminal acetylenes is 1. The van der Waals surface area contributed by atoms with Gasteiger partial charge >= 0.3 is 11.9 Å². The van der Waals surface area contributed by atoms with Gasteiger partial charge in [0, 0.05) is 71.7 Å². The number of hydrogen-bond acceptors (Lipinski definition) is 20. The average Bonchev–Trinajstić information content (AvgIpc) is 4.02. The first-order valence-corrected chi connectivity index (χ1v) is 22.4. The molecule has 2 unspecified atom stereocenters. The number of nitrogens with one attached hydrogen (secondary N) is 1. The van der Waals surface area contributed by atoms with Crippen LogP contribution >= 0.6 is 0 Å². The quantitative estimate of drug-likeness (QED) is 0.0364. The van der Waals surface area contributed by atoms with Gasteiger partial charge in [0.25, 0.3) is 0 Å². The zero-order chi connectivity index (χ0) is 48.3. The Labute approximate surface area is 388 Å². The smallest absolute Gasteiger partial charge is 0.303 e. The third-order valence-electron chi connectivity index (χ3n) is 11.0. The van der Waals surface area contributed by atoms with Crippen LogP contribution in [0.3, 0.4) is 0 Å². The Bertz CT molecular complexity index is 2080. The molecule has 5 rings (SSSR count). The van der Waals surface area contributed by atoms with Crippen LogP contribution < -0.4 is 26.6 Å². The van der Waals surface area contributed by atoms with Gasteiger partial charge in [0.1, 0.15) is 24.4 Å². The lowest BCUT2D eigenvalue weighted by molar-refractivity contribution is -0.140. The number of nitrogens with two attached hydrogens (primary N) is 2. The SMILES string of the molecule is C#CCOCCOCCOCCNc1nc(N2CCN(C(=O)[C@H](CCC(=O)O)n3cc(C(N)CO)nn3)CC2)nc(N2CCN(C(=O)[C@H](CCC(=O)O)n3cc(C(N)CC(C)C)nn3)CC2)n1. The van der Waals surface area contributed by atoms with E-state index in [9.17, 15) is 34.5 Å². The second-order valence-electron chi connectivity index (χ2n) is 16.5. The fourth-order valence-corrected chi connectivity index (χ4v) is 7.40. The lowest BCUT2D eigenvalue weighted by Crippen LogP contribution is -2.52. The summed E-state index contributed by atoms with van der Waals surface area (Å²) in [5.74, 6) is 0.976. The lowest BCUT2D eigenvalue weighted by Gasteiger charge is -2.38. The van der Waals surface area contributed by atoms with Crippen LogP contribution in [0.25, 0.3) is 0 Å². The number of carboxylic acid groups (broad SMARTS) is 2. The van der Waals surface area contributed by atoms with Crippen molar-refractivity contribution in [3.8, 4) is 12.3 Å². The minimum absolute atomic E-state index is 0.0177. The Hall–Kier alpha value is -6.11. The molecule has 2 amide bonds. The van der Waals surface area contributed by atoms with Gasteiger partial charge in [-0.3, -0.25) is 19.2 Å². The molecule has 368 valence electrons. The number of aromatic nitrogens is 9. The van der Waals surface area contributed by atoms with Crippen LogP contribution in [0.4, 0.5) is 17.8 Å². The van der Waals surface area contributed by atoms with Crippen molar-refractivity contribution in [3.63, 3.8) is 0 Å². The first kappa shape index (κ1) is 51.9. The molecular formula is C41H64N16O10. The minimum atomic E-state index is -1.07. The number of aliphatic hydroxyl groups excluding tert-OH is 1. The predicted octanol–water partition coefficient (Wildman–Crippen LogP) is -1.30. The molecule has 2 fully saturated rings. The van der Waals surface area contributed by atoms with E-state index in [0.29, 0.717) is 95.7 Å². The predicted molar refractivity (Wildman–Crippen MR) is 239 cm³/mol. The van der Waals surface area contributed by atoms with Crippen LogP contribution in [-0.4, -0.2) is 199 Å². The first-order chi connectivity index (χ1) is 32.3. The van der Waals surface area contributed by atoms with Crippen LogP contribution in [0.15, 0.2) is 12.4 Å². The van der Waals surface area contributed by atoms with Crippen LogP contribution in [0.1, 0.15) is 81.5 Å². The maximum atomic E-state index is 14.0. The summed E-state index contributed by atoms with van der Waals surface area (Å²) in [6.07, 6.45) is 8.38. The number of ether oxygens (including phenoxy) is 3. The van der Waals surface area contributed by atoms with Gasteiger partial charge in [-0.2, -0.15) is 15.0 Å². The van der Waals surface area contributed by atoms with E-state index in [1.54, 1.807) is 16.0 Å². The van der Waals surface area contributed by atoms with Crippen molar-refractivity contribution in [1.82, 2.24) is 54.7 Å². The summed E-state index contributed by atoms with van der Waals surface area (Å²) < 4.78 is 19.1. The standard InChI is InChI=1S/C41H64N16O10/c1-4-18-65-20-22-67-23-21-66-19-9-44-39-45-40(54-14-10-52(11-15-54)37(63)33(5-7-35(59)60)56-25-31(48-50-56)29(42)24-28(2)3)47-41(46-39)55-16-12-53(13-17-55)38(64)34(6-8-36(61)62)57-26-32(49-51-57)30(43)27-58/h1,25-26,28-30,33-34,58H,5-24,27,42-43H2,2-3H3,(H,59,60)(H,61,62)(H,44,45,46,47)/t29?,30?,33-,34-/m0/s1. The highest BCUT2D eigenvalue weighted by molar-refractivity contribution is 5.82. The zero-order valence-corrected chi connectivity index (χ0v) is 38.1. The van der Waals surface area contributed by atoms with Crippen molar-refractivity contribution in [2.24, 2.45) is 17.4 Å². The molecule has 0 bridgehead atoms. The molecule has 0 saturated carbocycles. The summed E-state index contributed by atoms with van der Waals surface area (Å²) in [5.41, 5.74) is 13.0. The van der Waals surface area contributed by atoms with Gasteiger partial charge in [0.2, 0.25) is 29.7 Å². The lowest BCUT2D eigenvalue weighted by atomic mass is 10.0. The molecule has 26 heteroatoms. The molecular weight excluding hydrogens is 877 g/mol. The summed E-state index contributed by atoms with van der Waals surface area (Å²) in [7, 11) is 0. The molecule has 2 aliphatic heterocycles. The number of hydrogen-bond donors (Lipinski definition) is 6. The molecule has 4 atom stereocenters. The number of amides is 2. The zero-order valence-electron chi connectivity index (χ0n) is 38.1. The highest BCUT2D eigenvalue weighted by Crippen LogP contribution is 2.25. The van der Waals surface area contributed by atoms with Crippen LogP contribution in [0.2, 0.25) is 0 Å². The first-order valence-electron chi connectivity index (χ1n) is 22.4. The summed E-state index contributed by atoms with van der Waals surface area (Å²) in [6.45, 7) is 8.56. The second kappa shape index (κ2) is 26.3. The Kier molecular flexibility index (Phi) is 20.3. The van der Waals surface area contributed by atoms with Gasteiger partial charge in [-0.25, -0.2) is 9.36 Å². The van der Waals surface area contributed by atoms with Crippen molar-refractivity contribution < 1.29 is 48.7 Å². The summed E-state index contributed by atoms with van der Waals surface area (Å²) in [4.78, 5) is 72.6. The molecule has 3 aromatic rings. The number of nitrogens with zero attached hydrogens (tertiary/aromatic N) is 13. The third kappa shape index (κ3) is 15.7. The molecule has 0 aromatic carbocycles. The molecule has 0 spiro atoms. The van der Waals surface area contributed by atoms with Crippen LogP contribution in [-0.2, 0) is 33.4 Å². The van der Waals surface area contributed by atoms with Gasteiger partial charge in [-0.1, -0.05) is 30.2 Å². The molecule has 0 aliphatic carbocycles. The van der Waals surface area contributed by atoms with E-state index in [4.69, 9.17) is 47.1 Å². The van der Waals surface area contributed by atoms with Gasteiger partial charge in [-0.05, 0) is 25.2 Å². The Morgan fingerprint density at radius 2 is 1.18 bits per heavy atom. The molecule has 5 heterocycles. The fourth-order valence-electron chi connectivity index (χ4n) is 7.40. The highest BCUT2D eigenvalue weighted by Gasteiger charge is 2.34. The Balaban J connectivity index is 1.26. The molecule has 2 aliphatic rings. The van der Waals surface area contributed by atoms with E-state index in [1.807, 2.05) is 23.6 Å². The Morgan fingerprint density at radius 1 is 0.716 bits per heavy atom. The van der Waals surface area contributed by atoms with Gasteiger partial charge in [0.15, 0.2) is 0 Å². The van der Waals surface area contributed by atoms with E-state index in [0.717, 1.165) is 0 Å². The number of carbonyl (C=O) groups excluding carboxylic acids is 2. The average molecular weight is 941 g/mol. The van der Waals surface area contributed by atoms with Crippen molar-refractivity contribution in [1.29, 1.82) is 0 Å². The molecule has 26 nitrogen and oxygen atoms in total. The van der Waals surface area contributed by atoms with E-state index in [1.165, 1.54) is 15.6 Å². The molecule has 0 radical (unpaired) electrons. The number of carboxylic acids is 2. The topological polar surface area (TPSA) is 334 Å². The van der Waals surface area contributed by atoms with Crippen LogP contribution in [0, 0.1) is 18.3 Å². The van der Waals surface area contributed by atoms with Gasteiger partial charge in [0.05, 0.1) is 69.8 Å². The molecule has 8 N–H and O–H groups in total. The highest BCUT2D eigenvalue weighted by atomic mass is 16.5. The van der Waals surface area contributed by atoms with Gasteiger partial charge < -0.3 is 65.9 Å². The maximum Gasteiger partial charge on any atom is 0.303 e. The normalized spacial score (nSPS) is 16.1.